The third-order valence-corrected chi connectivity index (χ3v) is 8.09. The number of aromatic nitrogens is 3. The molecule has 0 bridgehead atoms. The summed E-state index contributed by atoms with van der Waals surface area (Å²) >= 11 is 0. The highest BCUT2D eigenvalue weighted by molar-refractivity contribution is 5.21. The van der Waals surface area contributed by atoms with Crippen molar-refractivity contribution in [3.05, 3.63) is 47.8 Å². The first kappa shape index (κ1) is 21.1. The fourth-order valence-electron chi connectivity index (χ4n) is 6.44. The summed E-state index contributed by atoms with van der Waals surface area (Å²) in [5.74, 6) is -0.175. The Kier molecular flexibility index (Phi) is 5.86. The maximum atomic E-state index is 14.6. The van der Waals surface area contributed by atoms with Crippen LogP contribution in [0.4, 0.5) is 4.39 Å². The molecular formula is C25H35FN4O. The Morgan fingerprint density at radius 3 is 2.87 bits per heavy atom. The Hall–Kier alpha value is -1.79. The standard InChI is InChI=1S/C25H35FN4O/c1-2-19-8-9-21(23-20(26)17-29-30(19)23)27-15-12-24(22-7-3-6-14-28-22)13-16-31-25(18-24)10-4-5-11-25/h3,6-7,14,17,19,21,27H,2,4-5,8-13,15-16,18H2,1H3/t19?,21?,24-/m1/s1. The lowest BCUT2D eigenvalue weighted by Crippen LogP contribution is -2.47. The number of nitrogens with zero attached hydrogens (tertiary/aromatic N) is 3. The van der Waals surface area contributed by atoms with Crippen molar-refractivity contribution in [3.8, 4) is 0 Å². The van der Waals surface area contributed by atoms with Crippen molar-refractivity contribution in [2.75, 3.05) is 13.2 Å². The Morgan fingerprint density at radius 1 is 1.23 bits per heavy atom. The normalized spacial score (nSPS) is 29.9. The zero-order valence-corrected chi connectivity index (χ0v) is 18.7. The third-order valence-electron chi connectivity index (χ3n) is 8.09. The lowest BCUT2D eigenvalue weighted by molar-refractivity contribution is -0.104. The van der Waals surface area contributed by atoms with Crippen molar-refractivity contribution < 1.29 is 9.13 Å². The van der Waals surface area contributed by atoms with E-state index in [1.807, 2.05) is 16.9 Å². The summed E-state index contributed by atoms with van der Waals surface area (Å²) < 4.78 is 22.9. The molecule has 1 saturated heterocycles. The van der Waals surface area contributed by atoms with Crippen molar-refractivity contribution in [2.24, 2.45) is 0 Å². The van der Waals surface area contributed by atoms with Crippen LogP contribution in [-0.4, -0.2) is 33.5 Å². The number of rotatable bonds is 6. The van der Waals surface area contributed by atoms with Crippen molar-refractivity contribution in [1.82, 2.24) is 20.1 Å². The molecule has 6 heteroatoms. The van der Waals surface area contributed by atoms with Crippen LogP contribution >= 0.6 is 0 Å². The smallest absolute Gasteiger partial charge is 0.165 e. The van der Waals surface area contributed by atoms with Gasteiger partial charge < -0.3 is 10.1 Å². The second-order valence-corrected chi connectivity index (χ2v) is 9.88. The molecule has 2 aromatic heterocycles. The highest BCUT2D eigenvalue weighted by Crippen LogP contribution is 2.49. The van der Waals surface area contributed by atoms with Gasteiger partial charge in [-0.05, 0) is 70.0 Å². The second-order valence-electron chi connectivity index (χ2n) is 9.88. The van der Waals surface area contributed by atoms with E-state index >= 15 is 0 Å². The molecule has 5 nitrogen and oxygen atoms in total. The van der Waals surface area contributed by atoms with Crippen LogP contribution in [0.1, 0.15) is 94.6 Å². The summed E-state index contributed by atoms with van der Waals surface area (Å²) in [6.45, 7) is 3.81. The Labute approximate surface area is 184 Å². The lowest BCUT2D eigenvalue weighted by Gasteiger charge is -2.46. The molecule has 2 unspecified atom stereocenters. The molecule has 3 atom stereocenters. The minimum Gasteiger partial charge on any atom is -0.375 e. The molecule has 5 rings (SSSR count). The van der Waals surface area contributed by atoms with E-state index in [-0.39, 0.29) is 22.9 Å². The zero-order chi connectivity index (χ0) is 21.3. The molecule has 2 aliphatic heterocycles. The minimum absolute atomic E-state index is 0.0241. The molecule has 1 spiro atoms. The fraction of sp³-hybridized carbons (Fsp3) is 0.680. The first-order valence-corrected chi connectivity index (χ1v) is 12.2. The number of hydrogen-bond acceptors (Lipinski definition) is 4. The molecular weight excluding hydrogens is 391 g/mol. The average Bonchev–Trinajstić information content (AvgIpc) is 3.41. The van der Waals surface area contributed by atoms with Crippen LogP contribution in [0.2, 0.25) is 0 Å². The Balaban J connectivity index is 1.34. The number of halogens is 1. The molecule has 0 amide bonds. The summed E-state index contributed by atoms with van der Waals surface area (Å²) in [6.07, 6.45) is 14.2. The number of hydrogen-bond donors (Lipinski definition) is 1. The van der Waals surface area contributed by atoms with E-state index in [0.29, 0.717) is 6.04 Å². The Bertz CT molecular complexity index is 879. The van der Waals surface area contributed by atoms with E-state index in [9.17, 15) is 4.39 Å². The summed E-state index contributed by atoms with van der Waals surface area (Å²) in [4.78, 5) is 4.80. The molecule has 1 aliphatic carbocycles. The SMILES string of the molecule is CCC1CCC(NCC[C@@]2(c3ccccn3)CCOC3(CCCC3)C2)c2c(F)cnn21. The first-order chi connectivity index (χ1) is 15.1. The molecule has 0 radical (unpaired) electrons. The zero-order valence-electron chi connectivity index (χ0n) is 18.7. The van der Waals surface area contributed by atoms with E-state index in [1.54, 1.807) is 0 Å². The Morgan fingerprint density at radius 2 is 2.10 bits per heavy atom. The topological polar surface area (TPSA) is 52.0 Å². The molecule has 2 aromatic rings. The highest BCUT2D eigenvalue weighted by atomic mass is 19.1. The van der Waals surface area contributed by atoms with Gasteiger partial charge in [-0.2, -0.15) is 5.10 Å². The molecule has 1 N–H and O–H groups in total. The monoisotopic (exact) mass is 426 g/mol. The van der Waals surface area contributed by atoms with Gasteiger partial charge in [0.25, 0.3) is 0 Å². The lowest BCUT2D eigenvalue weighted by atomic mass is 9.68. The molecule has 3 aliphatic rings. The van der Waals surface area contributed by atoms with Crippen LogP contribution in [0, 0.1) is 5.82 Å². The van der Waals surface area contributed by atoms with Gasteiger partial charge in [-0.15, -0.1) is 0 Å². The van der Waals surface area contributed by atoms with Crippen molar-refractivity contribution in [1.29, 1.82) is 0 Å². The summed E-state index contributed by atoms with van der Waals surface area (Å²) in [5, 5.41) is 8.04. The van der Waals surface area contributed by atoms with Gasteiger partial charge in [-0.3, -0.25) is 9.67 Å². The molecule has 1 saturated carbocycles. The predicted molar refractivity (Wildman–Crippen MR) is 118 cm³/mol. The molecule has 4 heterocycles. The van der Waals surface area contributed by atoms with Crippen LogP contribution < -0.4 is 5.32 Å². The summed E-state index contributed by atoms with van der Waals surface area (Å²) in [5.41, 5.74) is 1.98. The minimum atomic E-state index is -0.175. The van der Waals surface area contributed by atoms with Gasteiger partial charge in [0.2, 0.25) is 0 Å². The van der Waals surface area contributed by atoms with Crippen molar-refractivity contribution >= 4 is 0 Å². The molecule has 168 valence electrons. The second kappa shape index (κ2) is 8.62. The first-order valence-electron chi connectivity index (χ1n) is 12.2. The number of fused-ring (bicyclic) bond motifs is 1. The van der Waals surface area contributed by atoms with E-state index in [0.717, 1.165) is 57.4 Å². The van der Waals surface area contributed by atoms with Gasteiger partial charge in [0.05, 0.1) is 29.6 Å². The average molecular weight is 427 g/mol. The van der Waals surface area contributed by atoms with Gasteiger partial charge in [-0.1, -0.05) is 25.8 Å². The van der Waals surface area contributed by atoms with Crippen LogP contribution in [-0.2, 0) is 10.2 Å². The number of ether oxygens (including phenoxy) is 1. The number of nitrogens with one attached hydrogen (secondary N) is 1. The van der Waals surface area contributed by atoms with E-state index in [1.165, 1.54) is 37.6 Å². The van der Waals surface area contributed by atoms with Gasteiger partial charge in [0, 0.05) is 23.9 Å². The quantitative estimate of drug-likeness (QED) is 0.686. The van der Waals surface area contributed by atoms with Gasteiger partial charge in [0.1, 0.15) is 0 Å². The van der Waals surface area contributed by atoms with Crippen LogP contribution in [0.15, 0.2) is 30.6 Å². The van der Waals surface area contributed by atoms with Crippen LogP contribution in [0.25, 0.3) is 0 Å². The maximum Gasteiger partial charge on any atom is 0.165 e. The van der Waals surface area contributed by atoms with Crippen molar-refractivity contribution in [3.63, 3.8) is 0 Å². The van der Waals surface area contributed by atoms with E-state index in [4.69, 9.17) is 9.72 Å². The molecule has 2 fully saturated rings. The van der Waals surface area contributed by atoms with Gasteiger partial charge >= 0.3 is 0 Å². The van der Waals surface area contributed by atoms with Crippen LogP contribution in [0.3, 0.4) is 0 Å². The summed E-state index contributed by atoms with van der Waals surface area (Å²) in [7, 11) is 0. The molecule has 31 heavy (non-hydrogen) atoms. The van der Waals surface area contributed by atoms with Gasteiger partial charge in [0.15, 0.2) is 5.82 Å². The largest absolute Gasteiger partial charge is 0.375 e. The predicted octanol–water partition coefficient (Wildman–Crippen LogP) is 5.24. The van der Waals surface area contributed by atoms with E-state index < -0.39 is 0 Å². The summed E-state index contributed by atoms with van der Waals surface area (Å²) in [6, 6.07) is 6.64. The van der Waals surface area contributed by atoms with E-state index in [2.05, 4.69) is 29.5 Å². The van der Waals surface area contributed by atoms with Crippen molar-refractivity contribution in [2.45, 2.75) is 94.2 Å². The highest BCUT2D eigenvalue weighted by Gasteiger charge is 2.48. The fourth-order valence-corrected chi connectivity index (χ4v) is 6.44. The van der Waals surface area contributed by atoms with Gasteiger partial charge in [-0.25, -0.2) is 4.39 Å². The maximum absolute atomic E-state index is 14.6. The third kappa shape index (κ3) is 3.93. The molecule has 0 aromatic carbocycles. The number of pyridine rings is 1. The van der Waals surface area contributed by atoms with Crippen LogP contribution in [0.5, 0.6) is 0 Å².